The number of carboxylic acid groups (broad SMARTS) is 1. The van der Waals surface area contributed by atoms with E-state index in [2.05, 4.69) is 14.9 Å². The van der Waals surface area contributed by atoms with Crippen molar-refractivity contribution >= 4 is 5.97 Å². The van der Waals surface area contributed by atoms with E-state index in [0.29, 0.717) is 11.3 Å². The molecule has 2 rings (SSSR count). The third-order valence-corrected chi connectivity index (χ3v) is 1.79. The zero-order valence-corrected chi connectivity index (χ0v) is 7.04. The molecule has 5 nitrogen and oxygen atoms in total. The highest BCUT2D eigenvalue weighted by Gasteiger charge is 2.12. The average molecular weight is 190 g/mol. The van der Waals surface area contributed by atoms with E-state index in [0.717, 1.165) is 0 Å². The van der Waals surface area contributed by atoms with Crippen molar-refractivity contribution in [2.75, 3.05) is 0 Å². The summed E-state index contributed by atoms with van der Waals surface area (Å²) in [5.74, 6) is -0.997. The molecule has 5 heteroatoms. The molecular formula is C9H6N2O3. The summed E-state index contributed by atoms with van der Waals surface area (Å²) >= 11 is 0. The molecule has 1 aromatic heterocycles. The summed E-state index contributed by atoms with van der Waals surface area (Å²) in [5.41, 5.74) is 1.10. The van der Waals surface area contributed by atoms with Crippen LogP contribution in [0.2, 0.25) is 0 Å². The standard InChI is InChI=1S/C9H6N2O3/c12-9(13)7-4-2-1-3-6(7)8-5-14-11-10-8/h1-5H,(H,12,13). The molecule has 1 heterocycles. The van der Waals surface area contributed by atoms with Crippen LogP contribution in [-0.4, -0.2) is 21.4 Å². The molecule has 0 amide bonds. The summed E-state index contributed by atoms with van der Waals surface area (Å²) < 4.78 is 4.55. The van der Waals surface area contributed by atoms with Crippen LogP contribution in [0.25, 0.3) is 11.3 Å². The lowest BCUT2D eigenvalue weighted by Crippen LogP contribution is -1.98. The number of nitrogens with zero attached hydrogens (tertiary/aromatic N) is 2. The average Bonchev–Trinajstić information content (AvgIpc) is 2.70. The van der Waals surface area contributed by atoms with Crippen LogP contribution >= 0.6 is 0 Å². The SMILES string of the molecule is O=C(O)c1ccccc1-c1conn1. The normalized spacial score (nSPS) is 10.0. The van der Waals surface area contributed by atoms with Crippen LogP contribution in [0.4, 0.5) is 0 Å². The molecule has 70 valence electrons. The van der Waals surface area contributed by atoms with Gasteiger partial charge in [-0.3, -0.25) is 0 Å². The van der Waals surface area contributed by atoms with Gasteiger partial charge in [-0.15, -0.1) is 5.10 Å². The molecule has 0 radical (unpaired) electrons. The monoisotopic (exact) mass is 190 g/mol. The van der Waals surface area contributed by atoms with Crippen molar-refractivity contribution in [3.8, 4) is 11.3 Å². The van der Waals surface area contributed by atoms with Crippen molar-refractivity contribution in [2.45, 2.75) is 0 Å². The van der Waals surface area contributed by atoms with Gasteiger partial charge in [-0.05, 0) is 6.07 Å². The zero-order valence-electron chi connectivity index (χ0n) is 7.04. The van der Waals surface area contributed by atoms with Crippen molar-refractivity contribution in [2.24, 2.45) is 0 Å². The number of rotatable bonds is 2. The Morgan fingerprint density at radius 3 is 2.79 bits per heavy atom. The minimum absolute atomic E-state index is 0.184. The van der Waals surface area contributed by atoms with Crippen molar-refractivity contribution < 1.29 is 14.4 Å². The first-order chi connectivity index (χ1) is 6.79. The first-order valence-corrected chi connectivity index (χ1v) is 3.89. The van der Waals surface area contributed by atoms with E-state index in [1.54, 1.807) is 18.2 Å². The maximum Gasteiger partial charge on any atom is 0.336 e. The van der Waals surface area contributed by atoms with Crippen LogP contribution in [0.15, 0.2) is 35.1 Å². The molecule has 0 aliphatic rings. The summed E-state index contributed by atoms with van der Waals surface area (Å²) in [6, 6.07) is 6.55. The quantitative estimate of drug-likeness (QED) is 0.775. The summed E-state index contributed by atoms with van der Waals surface area (Å²) in [4.78, 5) is 10.8. The van der Waals surface area contributed by atoms with Crippen LogP contribution in [-0.2, 0) is 0 Å². The second-order valence-corrected chi connectivity index (χ2v) is 2.64. The van der Waals surface area contributed by atoms with Gasteiger partial charge < -0.3 is 9.63 Å². The molecule has 1 N–H and O–H groups in total. The fourth-order valence-electron chi connectivity index (χ4n) is 1.17. The van der Waals surface area contributed by atoms with Crippen LogP contribution in [0.1, 0.15) is 10.4 Å². The van der Waals surface area contributed by atoms with Gasteiger partial charge in [0.1, 0.15) is 5.69 Å². The minimum Gasteiger partial charge on any atom is -0.478 e. The van der Waals surface area contributed by atoms with Crippen molar-refractivity contribution in [1.82, 2.24) is 10.4 Å². The van der Waals surface area contributed by atoms with E-state index in [1.807, 2.05) is 0 Å². The zero-order chi connectivity index (χ0) is 9.97. The Morgan fingerprint density at radius 1 is 1.36 bits per heavy atom. The number of carbonyl (C=O) groups is 1. The summed E-state index contributed by atoms with van der Waals surface area (Å²) in [6.07, 6.45) is 1.31. The third kappa shape index (κ3) is 1.35. The summed E-state index contributed by atoms with van der Waals surface area (Å²) in [7, 11) is 0. The van der Waals surface area contributed by atoms with E-state index in [1.165, 1.54) is 12.3 Å². The molecule has 0 saturated heterocycles. The first kappa shape index (κ1) is 8.43. The van der Waals surface area contributed by atoms with E-state index >= 15 is 0 Å². The second-order valence-electron chi connectivity index (χ2n) is 2.64. The molecule has 0 bridgehead atoms. The highest BCUT2D eigenvalue weighted by molar-refractivity contribution is 5.95. The second kappa shape index (κ2) is 3.29. The Labute approximate surface area is 79.0 Å². The Bertz CT molecular complexity index is 451. The molecule has 0 saturated carbocycles. The largest absolute Gasteiger partial charge is 0.478 e. The lowest BCUT2D eigenvalue weighted by Gasteiger charge is -1.99. The van der Waals surface area contributed by atoms with Crippen LogP contribution in [0.3, 0.4) is 0 Å². The van der Waals surface area contributed by atoms with Gasteiger partial charge in [-0.2, -0.15) is 0 Å². The fraction of sp³-hybridized carbons (Fsp3) is 0. The molecular weight excluding hydrogens is 184 g/mol. The number of carboxylic acids is 1. The Kier molecular flexibility index (Phi) is 1.98. The van der Waals surface area contributed by atoms with Gasteiger partial charge in [0, 0.05) is 10.8 Å². The Morgan fingerprint density at radius 2 is 2.14 bits per heavy atom. The fourth-order valence-corrected chi connectivity index (χ4v) is 1.17. The molecule has 0 unspecified atom stereocenters. The van der Waals surface area contributed by atoms with Crippen LogP contribution in [0.5, 0.6) is 0 Å². The highest BCUT2D eigenvalue weighted by atomic mass is 16.5. The van der Waals surface area contributed by atoms with Gasteiger partial charge in [-0.1, -0.05) is 18.2 Å². The minimum atomic E-state index is -0.997. The smallest absolute Gasteiger partial charge is 0.336 e. The third-order valence-electron chi connectivity index (χ3n) is 1.79. The van der Waals surface area contributed by atoms with Gasteiger partial charge >= 0.3 is 5.97 Å². The molecule has 0 atom stereocenters. The summed E-state index contributed by atoms with van der Waals surface area (Å²) in [6.45, 7) is 0. The van der Waals surface area contributed by atoms with Crippen molar-refractivity contribution in [3.05, 3.63) is 36.1 Å². The Hall–Kier alpha value is -2.17. The van der Waals surface area contributed by atoms with Gasteiger partial charge in [0.05, 0.1) is 5.56 Å². The molecule has 1 aromatic carbocycles. The van der Waals surface area contributed by atoms with Gasteiger partial charge in [0.25, 0.3) is 0 Å². The van der Waals surface area contributed by atoms with Crippen molar-refractivity contribution in [1.29, 1.82) is 0 Å². The lowest BCUT2D eigenvalue weighted by atomic mass is 10.1. The predicted molar refractivity (Wildman–Crippen MR) is 46.7 cm³/mol. The molecule has 0 fully saturated rings. The lowest BCUT2D eigenvalue weighted by molar-refractivity contribution is 0.0697. The van der Waals surface area contributed by atoms with E-state index in [-0.39, 0.29) is 5.56 Å². The first-order valence-electron chi connectivity index (χ1n) is 3.89. The highest BCUT2D eigenvalue weighted by Crippen LogP contribution is 2.20. The molecule has 0 aliphatic heterocycles. The number of benzene rings is 1. The van der Waals surface area contributed by atoms with Gasteiger partial charge in [0.2, 0.25) is 0 Å². The van der Waals surface area contributed by atoms with Crippen molar-refractivity contribution in [3.63, 3.8) is 0 Å². The number of hydrogen-bond acceptors (Lipinski definition) is 4. The van der Waals surface area contributed by atoms with E-state index in [9.17, 15) is 4.79 Å². The summed E-state index contributed by atoms with van der Waals surface area (Å²) in [5, 5.41) is 15.8. The van der Waals surface area contributed by atoms with Gasteiger partial charge in [-0.25, -0.2) is 4.79 Å². The topological polar surface area (TPSA) is 76.2 Å². The molecule has 0 spiro atoms. The van der Waals surface area contributed by atoms with E-state index in [4.69, 9.17) is 5.11 Å². The molecule has 0 aliphatic carbocycles. The molecule has 2 aromatic rings. The Balaban J connectivity index is 2.58. The number of aromatic carboxylic acids is 1. The maximum absolute atomic E-state index is 10.8. The van der Waals surface area contributed by atoms with Gasteiger partial charge in [0.15, 0.2) is 6.26 Å². The predicted octanol–water partition coefficient (Wildman–Crippen LogP) is 1.43. The maximum atomic E-state index is 10.8. The number of hydrogen-bond donors (Lipinski definition) is 1. The molecule has 14 heavy (non-hydrogen) atoms. The van der Waals surface area contributed by atoms with Crippen LogP contribution in [0, 0.1) is 0 Å². The van der Waals surface area contributed by atoms with E-state index < -0.39 is 5.97 Å². The number of aromatic nitrogens is 2. The van der Waals surface area contributed by atoms with Crippen LogP contribution < -0.4 is 0 Å².